The van der Waals surface area contributed by atoms with Gasteiger partial charge >= 0.3 is 5.97 Å². The molecule has 0 bridgehead atoms. The first kappa shape index (κ1) is 16.9. The molecule has 1 amide bonds. The fourth-order valence-electron chi connectivity index (χ4n) is 3.24. The number of aromatic nitrogens is 2. The first-order valence-electron chi connectivity index (χ1n) is 8.10. The van der Waals surface area contributed by atoms with Gasteiger partial charge in [-0.25, -0.2) is 4.79 Å². The van der Waals surface area contributed by atoms with Crippen LogP contribution in [0.1, 0.15) is 32.9 Å². The van der Waals surface area contributed by atoms with Crippen LogP contribution in [0.4, 0.5) is 0 Å². The molecule has 1 aliphatic rings. The minimum Gasteiger partial charge on any atom is -0.465 e. The molecule has 9 heteroatoms. The average Bonchev–Trinajstić information content (AvgIpc) is 3.28. The van der Waals surface area contributed by atoms with Gasteiger partial charge in [-0.1, -0.05) is 11.3 Å². The number of fused-ring (bicyclic) bond motifs is 3. The molecule has 1 N–H and O–H groups in total. The molecule has 0 saturated carbocycles. The van der Waals surface area contributed by atoms with Crippen LogP contribution in [0.5, 0.6) is 0 Å². The average molecular weight is 389 g/mol. The number of hydrogen-bond donors (Lipinski definition) is 1. The number of rotatable bonds is 2. The molecule has 0 atom stereocenters. The van der Waals surface area contributed by atoms with Crippen molar-refractivity contribution in [3.05, 3.63) is 42.9 Å². The van der Waals surface area contributed by atoms with Crippen molar-refractivity contribution in [1.82, 2.24) is 14.3 Å². The Morgan fingerprint density at radius 3 is 2.69 bits per heavy atom. The van der Waals surface area contributed by atoms with Crippen molar-refractivity contribution >= 4 is 52.0 Å². The number of likely N-dealkylation sites (tertiary alicyclic amines) is 1. The summed E-state index contributed by atoms with van der Waals surface area (Å²) >= 11 is 6.62. The molecular formula is C17H15N3O4S2. The van der Waals surface area contributed by atoms with Crippen molar-refractivity contribution in [3.8, 4) is 0 Å². The van der Waals surface area contributed by atoms with Crippen molar-refractivity contribution in [1.29, 1.82) is 0 Å². The number of thiazole rings is 1. The van der Waals surface area contributed by atoms with E-state index >= 15 is 0 Å². The normalized spacial score (nSPS) is 14.3. The Morgan fingerprint density at radius 1 is 1.27 bits per heavy atom. The topological polar surface area (TPSA) is 83.9 Å². The zero-order valence-electron chi connectivity index (χ0n) is 13.9. The van der Waals surface area contributed by atoms with Gasteiger partial charge in [0.2, 0.25) is 0 Å². The van der Waals surface area contributed by atoms with Crippen molar-refractivity contribution in [3.63, 3.8) is 0 Å². The van der Waals surface area contributed by atoms with E-state index in [4.69, 9.17) is 17.0 Å². The molecule has 7 nitrogen and oxygen atoms in total. The van der Waals surface area contributed by atoms with E-state index in [1.807, 2.05) is 0 Å². The van der Waals surface area contributed by atoms with Gasteiger partial charge in [0.05, 0.1) is 23.6 Å². The third kappa shape index (κ3) is 2.55. The molecule has 1 aliphatic heterocycles. The molecule has 0 radical (unpaired) electrons. The highest BCUT2D eigenvalue weighted by molar-refractivity contribution is 7.73. The van der Waals surface area contributed by atoms with Gasteiger partial charge in [0.15, 0.2) is 3.95 Å². The van der Waals surface area contributed by atoms with Gasteiger partial charge in [-0.3, -0.25) is 14.0 Å². The quantitative estimate of drug-likeness (QED) is 0.538. The third-order valence-corrected chi connectivity index (χ3v) is 5.90. The lowest BCUT2D eigenvalue weighted by atomic mass is 10.1. The summed E-state index contributed by atoms with van der Waals surface area (Å²) < 4.78 is 6.83. The van der Waals surface area contributed by atoms with E-state index in [2.05, 4.69) is 4.98 Å². The van der Waals surface area contributed by atoms with Gasteiger partial charge in [0.25, 0.3) is 11.5 Å². The smallest absolute Gasteiger partial charge is 0.337 e. The van der Waals surface area contributed by atoms with E-state index in [9.17, 15) is 14.4 Å². The molecule has 1 saturated heterocycles. The highest BCUT2D eigenvalue weighted by Crippen LogP contribution is 2.25. The zero-order chi connectivity index (χ0) is 18.4. The van der Waals surface area contributed by atoms with Crippen LogP contribution in [0.15, 0.2) is 23.0 Å². The van der Waals surface area contributed by atoms with Crippen LogP contribution in [0, 0.1) is 3.95 Å². The maximum Gasteiger partial charge on any atom is 0.337 e. The number of hydrogen-bond acceptors (Lipinski definition) is 6. The lowest BCUT2D eigenvalue weighted by Crippen LogP contribution is -2.27. The molecule has 2 aromatic heterocycles. The summed E-state index contributed by atoms with van der Waals surface area (Å²) in [6.45, 7) is 1.42. The highest BCUT2D eigenvalue weighted by atomic mass is 32.1. The minimum absolute atomic E-state index is 0.125. The fraction of sp³-hybridized carbons (Fsp3) is 0.294. The Balaban J connectivity index is 2.01. The summed E-state index contributed by atoms with van der Waals surface area (Å²) in [5.74, 6) is -0.629. The first-order chi connectivity index (χ1) is 12.5. The predicted octanol–water partition coefficient (Wildman–Crippen LogP) is 2.59. The van der Waals surface area contributed by atoms with E-state index in [0.29, 0.717) is 44.0 Å². The van der Waals surface area contributed by atoms with Crippen LogP contribution in [-0.2, 0) is 4.74 Å². The van der Waals surface area contributed by atoms with Gasteiger partial charge in [0.1, 0.15) is 10.5 Å². The van der Waals surface area contributed by atoms with Gasteiger partial charge in [-0.05, 0) is 43.3 Å². The Morgan fingerprint density at radius 2 is 2.00 bits per heavy atom. The molecule has 26 heavy (non-hydrogen) atoms. The Kier molecular flexibility index (Phi) is 4.12. The maximum absolute atomic E-state index is 12.8. The molecule has 3 aromatic rings. The van der Waals surface area contributed by atoms with E-state index in [1.54, 1.807) is 21.4 Å². The number of methoxy groups -OCH3 is 1. The first-order valence-corrected chi connectivity index (χ1v) is 9.33. The second-order valence-corrected chi connectivity index (χ2v) is 7.70. The minimum atomic E-state index is -0.504. The number of carbonyl (C=O) groups excluding carboxylic acids is 2. The van der Waals surface area contributed by atoms with Crippen LogP contribution in [0.25, 0.3) is 16.6 Å². The van der Waals surface area contributed by atoms with Gasteiger partial charge in [-0.2, -0.15) is 0 Å². The standard InChI is InChI=1S/C17H15N3O4S2/c1-24-16(23)9-4-5-10-11(8-9)20-13(18-14(10)21)12(26-17(20)25)15(22)19-6-2-3-7-19/h4-5,8H,2-3,6-7H2,1H3,(H,18,21). The summed E-state index contributed by atoms with van der Waals surface area (Å²) in [7, 11) is 1.29. The third-order valence-electron chi connectivity index (χ3n) is 4.53. The second kappa shape index (κ2) is 6.33. The van der Waals surface area contributed by atoms with Crippen LogP contribution < -0.4 is 5.56 Å². The highest BCUT2D eigenvalue weighted by Gasteiger charge is 2.25. The largest absolute Gasteiger partial charge is 0.465 e. The fourth-order valence-corrected chi connectivity index (χ4v) is 4.59. The molecule has 134 valence electrons. The van der Waals surface area contributed by atoms with Crippen molar-refractivity contribution in [2.75, 3.05) is 20.2 Å². The maximum atomic E-state index is 12.8. The number of esters is 1. The zero-order valence-corrected chi connectivity index (χ0v) is 15.5. The number of amides is 1. The number of H-pyrrole nitrogens is 1. The molecule has 0 unspecified atom stereocenters. The van der Waals surface area contributed by atoms with E-state index in [1.165, 1.54) is 24.5 Å². The molecule has 1 aromatic carbocycles. The molecule has 3 heterocycles. The molecule has 0 spiro atoms. The molecule has 1 fully saturated rings. The van der Waals surface area contributed by atoms with Gasteiger partial charge < -0.3 is 14.6 Å². The van der Waals surface area contributed by atoms with Crippen LogP contribution in [0.3, 0.4) is 0 Å². The lowest BCUT2D eigenvalue weighted by molar-refractivity contribution is 0.0600. The van der Waals surface area contributed by atoms with Crippen LogP contribution >= 0.6 is 23.6 Å². The molecule has 4 rings (SSSR count). The van der Waals surface area contributed by atoms with E-state index in [-0.39, 0.29) is 11.5 Å². The predicted molar refractivity (Wildman–Crippen MR) is 101 cm³/mol. The molecule has 0 aliphatic carbocycles. The Bertz CT molecular complexity index is 1170. The second-order valence-electron chi connectivity index (χ2n) is 6.06. The summed E-state index contributed by atoms with van der Waals surface area (Å²) in [5.41, 5.74) is 0.830. The SMILES string of the molecule is COC(=O)c1ccc2c(=O)[nH]c3c(C(=O)N4CCCC4)sc(=S)n3c2c1. The number of carbonyl (C=O) groups is 2. The number of nitrogens with one attached hydrogen (secondary N) is 1. The lowest BCUT2D eigenvalue weighted by Gasteiger charge is -2.13. The Labute approximate surface area is 156 Å². The van der Waals surface area contributed by atoms with Crippen molar-refractivity contribution in [2.24, 2.45) is 0 Å². The summed E-state index contributed by atoms with van der Waals surface area (Å²) in [6, 6.07) is 4.65. The number of ether oxygens (including phenoxy) is 1. The van der Waals surface area contributed by atoms with Crippen LogP contribution in [0.2, 0.25) is 0 Å². The van der Waals surface area contributed by atoms with Crippen molar-refractivity contribution in [2.45, 2.75) is 12.8 Å². The monoisotopic (exact) mass is 389 g/mol. The summed E-state index contributed by atoms with van der Waals surface area (Å²) in [6.07, 6.45) is 1.95. The van der Waals surface area contributed by atoms with Crippen LogP contribution in [-0.4, -0.2) is 46.4 Å². The van der Waals surface area contributed by atoms with E-state index < -0.39 is 5.97 Å². The van der Waals surface area contributed by atoms with Gasteiger partial charge in [-0.15, -0.1) is 0 Å². The Hall–Kier alpha value is -2.52. The summed E-state index contributed by atoms with van der Waals surface area (Å²) in [5, 5.41) is 0.388. The van der Waals surface area contributed by atoms with Gasteiger partial charge in [0, 0.05) is 13.1 Å². The number of nitrogens with zero attached hydrogens (tertiary/aromatic N) is 2. The number of aromatic amines is 1. The van der Waals surface area contributed by atoms with E-state index in [0.717, 1.165) is 12.8 Å². The van der Waals surface area contributed by atoms with Crippen molar-refractivity contribution < 1.29 is 14.3 Å². The number of benzene rings is 1. The summed E-state index contributed by atoms with van der Waals surface area (Å²) in [4.78, 5) is 42.1. The molecular weight excluding hydrogens is 374 g/mol.